The first kappa shape index (κ1) is 23.4. The normalized spacial score (nSPS) is 20.7. The van der Waals surface area contributed by atoms with Crippen molar-refractivity contribution in [2.75, 3.05) is 47.0 Å². The highest BCUT2D eigenvalue weighted by Gasteiger charge is 2.17. The van der Waals surface area contributed by atoms with Gasteiger partial charge < -0.3 is 25.0 Å². The molecule has 1 aliphatic heterocycles. The van der Waals surface area contributed by atoms with Crippen LogP contribution in [0.5, 0.6) is 0 Å². The lowest BCUT2D eigenvalue weighted by Crippen LogP contribution is -2.43. The molecule has 2 rings (SSSR count). The minimum atomic E-state index is 0. The van der Waals surface area contributed by atoms with E-state index in [0.717, 1.165) is 38.4 Å². The van der Waals surface area contributed by atoms with E-state index in [1.807, 2.05) is 0 Å². The van der Waals surface area contributed by atoms with Gasteiger partial charge in [-0.1, -0.05) is 12.8 Å². The Morgan fingerprint density at radius 1 is 1.23 bits per heavy atom. The van der Waals surface area contributed by atoms with E-state index in [1.165, 1.54) is 25.7 Å². The van der Waals surface area contributed by atoms with Gasteiger partial charge in [0.1, 0.15) is 6.54 Å². The van der Waals surface area contributed by atoms with Crippen LogP contribution in [-0.2, 0) is 14.3 Å². The van der Waals surface area contributed by atoms with E-state index in [0.29, 0.717) is 19.3 Å². The summed E-state index contributed by atoms with van der Waals surface area (Å²) in [4.78, 5) is 17.8. The van der Waals surface area contributed by atoms with Crippen molar-refractivity contribution in [3.63, 3.8) is 0 Å². The number of likely N-dealkylation sites (N-methyl/N-ethyl adjacent to an activating group) is 1. The standard InChI is InChI=1S/C18H34N4O3.HI/c1-22(2)17(23)13-20-18(21-15-7-3-4-8-15)19-10-6-11-24-14-16-9-5-12-25-16;/h15-16H,3-14H2,1-2H3,(H2,19,20,21);1H. The molecule has 0 radical (unpaired) electrons. The number of carbonyl (C=O) groups is 1. The van der Waals surface area contributed by atoms with E-state index in [1.54, 1.807) is 19.0 Å². The van der Waals surface area contributed by atoms with Crippen LogP contribution in [0.25, 0.3) is 0 Å². The average Bonchev–Trinajstić information content (AvgIpc) is 3.28. The molecule has 1 aliphatic carbocycles. The minimum absolute atomic E-state index is 0. The van der Waals surface area contributed by atoms with Crippen LogP contribution in [-0.4, -0.2) is 75.9 Å². The number of halogens is 1. The molecular weight excluding hydrogens is 447 g/mol. The van der Waals surface area contributed by atoms with Crippen LogP contribution in [0.1, 0.15) is 44.9 Å². The lowest BCUT2D eigenvalue weighted by Gasteiger charge is -2.18. The third-order valence-corrected chi connectivity index (χ3v) is 4.65. The third kappa shape index (κ3) is 9.36. The van der Waals surface area contributed by atoms with Gasteiger partial charge in [-0.15, -0.1) is 24.0 Å². The van der Waals surface area contributed by atoms with Crippen molar-refractivity contribution in [1.29, 1.82) is 0 Å². The molecule has 2 fully saturated rings. The van der Waals surface area contributed by atoms with Gasteiger partial charge in [-0.25, -0.2) is 4.99 Å². The van der Waals surface area contributed by atoms with E-state index < -0.39 is 0 Å². The molecule has 1 atom stereocenters. The zero-order valence-electron chi connectivity index (χ0n) is 16.2. The molecule has 0 aromatic heterocycles. The second kappa shape index (κ2) is 13.5. The number of hydrogen-bond acceptors (Lipinski definition) is 4. The molecule has 152 valence electrons. The number of hydrogen-bond donors (Lipinski definition) is 2. The third-order valence-electron chi connectivity index (χ3n) is 4.65. The fraction of sp³-hybridized carbons (Fsp3) is 0.889. The zero-order valence-corrected chi connectivity index (χ0v) is 18.5. The Hall–Kier alpha value is -0.610. The molecule has 1 saturated heterocycles. The Balaban J connectivity index is 0.00000338. The van der Waals surface area contributed by atoms with Crippen LogP contribution in [0.3, 0.4) is 0 Å². The number of rotatable bonds is 9. The molecule has 0 bridgehead atoms. The molecule has 2 aliphatic rings. The minimum Gasteiger partial charge on any atom is -0.379 e. The fourth-order valence-electron chi connectivity index (χ4n) is 3.08. The predicted octanol–water partition coefficient (Wildman–Crippen LogP) is 1.76. The first-order valence-electron chi connectivity index (χ1n) is 9.59. The number of ether oxygens (including phenoxy) is 2. The summed E-state index contributed by atoms with van der Waals surface area (Å²) in [5.41, 5.74) is 0. The van der Waals surface area contributed by atoms with Gasteiger partial charge in [-0.3, -0.25) is 4.79 Å². The predicted molar refractivity (Wildman–Crippen MR) is 114 cm³/mol. The first-order chi connectivity index (χ1) is 12.1. The molecule has 26 heavy (non-hydrogen) atoms. The number of nitrogens with one attached hydrogen (secondary N) is 2. The molecule has 0 spiro atoms. The summed E-state index contributed by atoms with van der Waals surface area (Å²) in [7, 11) is 3.50. The smallest absolute Gasteiger partial charge is 0.243 e. The Labute approximate surface area is 174 Å². The summed E-state index contributed by atoms with van der Waals surface area (Å²) in [5.74, 6) is 0.744. The van der Waals surface area contributed by atoms with Crippen molar-refractivity contribution in [3.05, 3.63) is 0 Å². The van der Waals surface area contributed by atoms with E-state index in [9.17, 15) is 4.79 Å². The summed E-state index contributed by atoms with van der Waals surface area (Å²) < 4.78 is 11.2. The summed E-state index contributed by atoms with van der Waals surface area (Å²) >= 11 is 0. The summed E-state index contributed by atoms with van der Waals surface area (Å²) in [6.45, 7) is 3.22. The molecule has 2 N–H and O–H groups in total. The van der Waals surface area contributed by atoms with Gasteiger partial charge in [-0.05, 0) is 32.1 Å². The molecule has 1 saturated carbocycles. The lowest BCUT2D eigenvalue weighted by molar-refractivity contribution is -0.127. The molecule has 8 heteroatoms. The second-order valence-electron chi connectivity index (χ2n) is 7.07. The van der Waals surface area contributed by atoms with Gasteiger partial charge >= 0.3 is 0 Å². The fourth-order valence-corrected chi connectivity index (χ4v) is 3.08. The monoisotopic (exact) mass is 482 g/mol. The topological polar surface area (TPSA) is 75.2 Å². The van der Waals surface area contributed by atoms with Crippen LogP contribution in [0, 0.1) is 0 Å². The van der Waals surface area contributed by atoms with Crippen molar-refractivity contribution < 1.29 is 14.3 Å². The molecule has 1 amide bonds. The maximum atomic E-state index is 11.8. The molecule has 0 aromatic rings. The summed E-state index contributed by atoms with van der Waals surface area (Å²) in [6.07, 6.45) is 8.32. The van der Waals surface area contributed by atoms with Crippen LogP contribution >= 0.6 is 24.0 Å². The number of amides is 1. The molecule has 1 heterocycles. The largest absolute Gasteiger partial charge is 0.379 e. The Morgan fingerprint density at radius 3 is 2.65 bits per heavy atom. The highest BCUT2D eigenvalue weighted by molar-refractivity contribution is 14.0. The van der Waals surface area contributed by atoms with Crippen LogP contribution in [0.4, 0.5) is 0 Å². The first-order valence-corrected chi connectivity index (χ1v) is 9.59. The highest BCUT2D eigenvalue weighted by atomic mass is 127. The maximum Gasteiger partial charge on any atom is 0.243 e. The number of nitrogens with zero attached hydrogens (tertiary/aromatic N) is 2. The van der Waals surface area contributed by atoms with E-state index in [4.69, 9.17) is 9.47 Å². The van der Waals surface area contributed by atoms with Crippen molar-refractivity contribution >= 4 is 35.8 Å². The van der Waals surface area contributed by atoms with E-state index in [-0.39, 0.29) is 42.5 Å². The summed E-state index contributed by atoms with van der Waals surface area (Å²) in [5, 5.41) is 6.78. The van der Waals surface area contributed by atoms with E-state index in [2.05, 4.69) is 15.6 Å². The number of aliphatic imine (C=N–C) groups is 1. The van der Waals surface area contributed by atoms with Gasteiger partial charge in [0, 0.05) is 39.9 Å². The lowest BCUT2D eigenvalue weighted by atomic mass is 10.2. The van der Waals surface area contributed by atoms with Crippen LogP contribution in [0.2, 0.25) is 0 Å². The zero-order chi connectivity index (χ0) is 17.9. The Kier molecular flexibility index (Phi) is 12.2. The summed E-state index contributed by atoms with van der Waals surface area (Å²) in [6, 6.07) is 0.469. The van der Waals surface area contributed by atoms with Crippen molar-refractivity contribution in [2.45, 2.75) is 57.1 Å². The van der Waals surface area contributed by atoms with Gasteiger partial charge in [0.2, 0.25) is 5.91 Å². The molecule has 0 aromatic carbocycles. The van der Waals surface area contributed by atoms with Gasteiger partial charge in [0.25, 0.3) is 0 Å². The highest BCUT2D eigenvalue weighted by Crippen LogP contribution is 2.17. The van der Waals surface area contributed by atoms with Gasteiger partial charge in [0.05, 0.1) is 12.7 Å². The Morgan fingerprint density at radius 2 is 2.00 bits per heavy atom. The quantitative estimate of drug-likeness (QED) is 0.227. The van der Waals surface area contributed by atoms with Crippen molar-refractivity contribution in [2.24, 2.45) is 4.99 Å². The van der Waals surface area contributed by atoms with Crippen molar-refractivity contribution in [1.82, 2.24) is 15.5 Å². The van der Waals surface area contributed by atoms with Crippen LogP contribution < -0.4 is 10.6 Å². The van der Waals surface area contributed by atoms with Crippen LogP contribution in [0.15, 0.2) is 4.99 Å². The molecule has 1 unspecified atom stereocenters. The van der Waals surface area contributed by atoms with Gasteiger partial charge in [-0.2, -0.15) is 0 Å². The van der Waals surface area contributed by atoms with Gasteiger partial charge in [0.15, 0.2) is 5.96 Å². The van der Waals surface area contributed by atoms with E-state index >= 15 is 0 Å². The molecular formula is C18H35IN4O3. The molecule has 7 nitrogen and oxygen atoms in total. The number of guanidine groups is 1. The second-order valence-corrected chi connectivity index (χ2v) is 7.07. The Bertz CT molecular complexity index is 423. The SMILES string of the molecule is CN(C)C(=O)CN=C(NCCCOCC1CCCO1)NC1CCCC1.I. The van der Waals surface area contributed by atoms with Crippen molar-refractivity contribution in [3.8, 4) is 0 Å². The maximum absolute atomic E-state index is 11.8. The average molecular weight is 482 g/mol. The number of carbonyl (C=O) groups excluding carboxylic acids is 1.